The summed E-state index contributed by atoms with van der Waals surface area (Å²) in [5, 5.41) is 0. The second-order valence-corrected chi connectivity index (χ2v) is 5.21. The molecule has 1 fully saturated rings. The minimum atomic E-state index is -3.40. The van der Waals surface area contributed by atoms with Crippen LogP contribution in [0.2, 0.25) is 0 Å². The monoisotopic (exact) mass is 185 g/mol. The van der Waals surface area contributed by atoms with Gasteiger partial charge in [-0.1, -0.05) is 0 Å². The fraction of sp³-hybridized carbons (Fsp3) is 0. The van der Waals surface area contributed by atoms with E-state index in [4.69, 9.17) is 0 Å². The molecule has 33 valence electrons. The molecular weight excluding hydrogens is 185 g/mol. The van der Waals surface area contributed by atoms with Crippen molar-refractivity contribution < 1.29 is 41.6 Å². The van der Waals surface area contributed by atoms with E-state index in [0.717, 1.165) is 0 Å². The van der Waals surface area contributed by atoms with Gasteiger partial charge in [0, 0.05) is 0 Å². The van der Waals surface area contributed by atoms with Crippen LogP contribution in [0.3, 0.4) is 0 Å². The molecule has 6 heteroatoms. The molecule has 0 aromatic heterocycles. The van der Waals surface area contributed by atoms with Gasteiger partial charge in [0.05, 0.1) is 0 Å². The van der Waals surface area contributed by atoms with Crippen molar-refractivity contribution in [2.45, 2.75) is 0 Å². The Morgan fingerprint density at radius 2 is 1.67 bits per heavy atom. The second kappa shape index (κ2) is 1.49. The van der Waals surface area contributed by atoms with Crippen molar-refractivity contribution in [2.75, 3.05) is 0 Å². The van der Waals surface area contributed by atoms with Crippen molar-refractivity contribution in [3.8, 4) is 0 Å². The van der Waals surface area contributed by atoms with Crippen LogP contribution >= 0.6 is 0 Å². The maximum absolute atomic E-state index is 9.69. The minimum absolute atomic E-state index is 1.44. The normalized spacial score (nSPS) is 26.0. The van der Waals surface area contributed by atoms with Gasteiger partial charge in [0.25, 0.3) is 0 Å². The first-order valence-electron chi connectivity index (χ1n) is 1.14. The predicted octanol–water partition coefficient (Wildman–Crippen LogP) is -0.809. The zero-order valence-electron chi connectivity index (χ0n) is 2.62. The van der Waals surface area contributed by atoms with Crippen LogP contribution in [0.15, 0.2) is 0 Å². The summed E-state index contributed by atoms with van der Waals surface area (Å²) in [6.45, 7) is 0. The summed E-state index contributed by atoms with van der Waals surface area (Å²) in [4.78, 5) is 0. The van der Waals surface area contributed by atoms with Crippen LogP contribution in [-0.2, 0) is 43.6 Å². The van der Waals surface area contributed by atoms with E-state index >= 15 is 0 Å². The van der Waals surface area contributed by atoms with Gasteiger partial charge in [-0.15, -0.1) is 0 Å². The third kappa shape index (κ3) is 0.975. The van der Waals surface area contributed by atoms with Crippen LogP contribution in [0.4, 0.5) is 0 Å². The molecule has 6 heavy (non-hydrogen) atoms. The van der Waals surface area contributed by atoms with E-state index in [-0.39, 0.29) is 0 Å². The fourth-order valence-electron chi connectivity index (χ4n) is 0.103. The van der Waals surface area contributed by atoms with Gasteiger partial charge < -0.3 is 0 Å². The summed E-state index contributed by atoms with van der Waals surface area (Å²) in [7, 11) is -3.40. The molecule has 1 heterocycles. The number of rotatable bonds is 0. The van der Waals surface area contributed by atoms with Crippen molar-refractivity contribution in [3.63, 3.8) is 0 Å². The van der Waals surface area contributed by atoms with Crippen molar-refractivity contribution in [2.24, 2.45) is 0 Å². The maximum atomic E-state index is 9.69. The molecule has 0 atom stereocenters. The zero-order valence-corrected chi connectivity index (χ0v) is 6.27. The van der Waals surface area contributed by atoms with Gasteiger partial charge in [-0.2, -0.15) is 0 Å². The summed E-state index contributed by atoms with van der Waals surface area (Å²) in [5.41, 5.74) is 0. The molecule has 0 radical (unpaired) electrons. The molecule has 0 spiro atoms. The van der Waals surface area contributed by atoms with Gasteiger partial charge in [-0.25, -0.2) is 0 Å². The number of hydrogen-bond donors (Lipinski definition) is 0. The fourth-order valence-corrected chi connectivity index (χ4v) is 1.84. The van der Waals surface area contributed by atoms with Gasteiger partial charge in [-0.05, 0) is 0 Å². The van der Waals surface area contributed by atoms with Crippen LogP contribution in [0.1, 0.15) is 0 Å². The Hall–Kier alpha value is 0.974. The summed E-state index contributed by atoms with van der Waals surface area (Å²) >= 11 is -1.44. The van der Waals surface area contributed by atoms with E-state index < -0.39 is 40.6 Å². The molecule has 0 N–H and O–H groups in total. The molecule has 0 aromatic rings. The average molecular weight is 185 g/mol. The van der Waals surface area contributed by atoms with E-state index in [0.29, 0.717) is 0 Å². The quantitative estimate of drug-likeness (QED) is 0.495. The molecule has 0 saturated carbocycles. The molecule has 0 amide bonds. The standard InChI is InChI=1S/H2O4S.Y/c1-5(2,3)4;/h(H2,1,2,3,4);/q;+2/p-2. The van der Waals surface area contributed by atoms with E-state index in [1.54, 1.807) is 0 Å². The van der Waals surface area contributed by atoms with E-state index in [1.807, 2.05) is 0 Å². The van der Waals surface area contributed by atoms with Crippen molar-refractivity contribution >= 4 is 10.4 Å². The number of hydrogen-bond acceptors (Lipinski definition) is 4. The van der Waals surface area contributed by atoms with Gasteiger partial charge in [0.15, 0.2) is 0 Å². The van der Waals surface area contributed by atoms with Crippen molar-refractivity contribution in [1.82, 2.24) is 0 Å². The van der Waals surface area contributed by atoms with Gasteiger partial charge >= 0.3 is 52.0 Å². The Labute approximate surface area is 51.8 Å². The van der Waals surface area contributed by atoms with E-state index in [1.165, 1.54) is 0 Å². The molecule has 0 aliphatic carbocycles. The molecule has 1 saturated heterocycles. The molecular formula is O4SY. The Morgan fingerprint density at radius 1 is 1.33 bits per heavy atom. The summed E-state index contributed by atoms with van der Waals surface area (Å²) in [6, 6.07) is 0. The summed E-state index contributed by atoms with van der Waals surface area (Å²) in [5.74, 6) is 0. The molecule has 1 aliphatic rings. The Morgan fingerprint density at radius 3 is 1.67 bits per heavy atom. The average Bonchev–Trinajstić information content (AvgIpc) is 1.32. The Balaban J connectivity index is 2.78. The third-order valence-electron chi connectivity index (χ3n) is 0.314. The van der Waals surface area contributed by atoms with Crippen LogP contribution in [0.5, 0.6) is 0 Å². The van der Waals surface area contributed by atoms with Crippen LogP contribution < -0.4 is 0 Å². The third-order valence-corrected chi connectivity index (χ3v) is 5.58. The molecule has 1 aliphatic heterocycles. The first-order chi connectivity index (χ1) is 2.71. The van der Waals surface area contributed by atoms with E-state index in [2.05, 4.69) is 3.00 Å². The first kappa shape index (κ1) is 5.12. The first-order valence-corrected chi connectivity index (χ1v) is 4.79. The second-order valence-electron chi connectivity index (χ2n) is 0.697. The predicted molar refractivity (Wildman–Crippen MR) is 11.1 cm³/mol. The Kier molecular flexibility index (Phi) is 1.27. The summed E-state index contributed by atoms with van der Waals surface area (Å²) < 4.78 is 27.5. The van der Waals surface area contributed by atoms with Crippen LogP contribution in [0.25, 0.3) is 0 Å². The van der Waals surface area contributed by atoms with Crippen LogP contribution in [-0.4, -0.2) is 8.42 Å². The van der Waals surface area contributed by atoms with Crippen molar-refractivity contribution in [3.05, 3.63) is 0 Å². The zero-order chi connectivity index (χ0) is 4.62. The molecule has 0 bridgehead atoms. The Bertz CT molecular complexity index is 122. The van der Waals surface area contributed by atoms with E-state index in [9.17, 15) is 8.42 Å². The van der Waals surface area contributed by atoms with Gasteiger partial charge in [0.1, 0.15) is 0 Å². The molecule has 0 aromatic carbocycles. The molecule has 1 rings (SSSR count). The molecule has 4 nitrogen and oxygen atoms in total. The van der Waals surface area contributed by atoms with Crippen molar-refractivity contribution in [1.29, 1.82) is 0 Å². The van der Waals surface area contributed by atoms with Gasteiger partial charge in [-0.3, -0.25) is 0 Å². The topological polar surface area (TPSA) is 52.6 Å². The van der Waals surface area contributed by atoms with Gasteiger partial charge in [0.2, 0.25) is 0 Å². The SMILES string of the molecule is O=S1(=O)[O][Y][O]1. The molecule has 0 unspecified atom stereocenters. The van der Waals surface area contributed by atoms with Crippen LogP contribution in [0, 0.1) is 0 Å². The summed E-state index contributed by atoms with van der Waals surface area (Å²) in [6.07, 6.45) is 0.